The summed E-state index contributed by atoms with van der Waals surface area (Å²) < 4.78 is 15.4. The Bertz CT molecular complexity index is 981. The second kappa shape index (κ2) is 8.03. The van der Waals surface area contributed by atoms with E-state index < -0.39 is 5.67 Å². The Labute approximate surface area is 170 Å². The van der Waals surface area contributed by atoms with E-state index in [4.69, 9.17) is 0 Å². The molecule has 4 nitrogen and oxygen atoms in total. The van der Waals surface area contributed by atoms with Gasteiger partial charge in [0, 0.05) is 37.8 Å². The highest BCUT2D eigenvalue weighted by Gasteiger charge is 2.39. The number of nitrogens with one attached hydrogen (secondary N) is 1. The number of rotatable bonds is 3. The molecule has 5 heteroatoms. The number of likely N-dealkylation sites (tertiary alicyclic amines) is 1. The van der Waals surface area contributed by atoms with Crippen molar-refractivity contribution in [2.45, 2.75) is 25.4 Å². The molecule has 0 saturated carbocycles. The molecular formula is C24H24FN3O. The summed E-state index contributed by atoms with van der Waals surface area (Å²) in [5.74, 6) is 0. The van der Waals surface area contributed by atoms with Gasteiger partial charge in [-0.05, 0) is 41.8 Å². The van der Waals surface area contributed by atoms with Crippen LogP contribution in [0.2, 0.25) is 0 Å². The van der Waals surface area contributed by atoms with Crippen LogP contribution in [0.25, 0.3) is 11.1 Å². The second-order valence-corrected chi connectivity index (χ2v) is 7.49. The highest BCUT2D eigenvalue weighted by atomic mass is 19.1. The lowest BCUT2D eigenvalue weighted by Crippen LogP contribution is -2.45. The van der Waals surface area contributed by atoms with Crippen LogP contribution in [-0.4, -0.2) is 29.0 Å². The Morgan fingerprint density at radius 2 is 1.62 bits per heavy atom. The molecule has 0 bridgehead atoms. The monoisotopic (exact) mass is 389 g/mol. The summed E-state index contributed by atoms with van der Waals surface area (Å²) >= 11 is 0. The fourth-order valence-electron chi connectivity index (χ4n) is 3.83. The molecular weight excluding hydrogens is 365 g/mol. The van der Waals surface area contributed by atoms with Gasteiger partial charge in [-0.2, -0.15) is 0 Å². The van der Waals surface area contributed by atoms with Crippen LogP contribution in [-0.2, 0) is 5.67 Å². The third kappa shape index (κ3) is 4.14. The van der Waals surface area contributed by atoms with E-state index in [0.717, 1.165) is 22.4 Å². The maximum atomic E-state index is 15.4. The number of aromatic nitrogens is 1. The summed E-state index contributed by atoms with van der Waals surface area (Å²) in [6.07, 6.45) is 2.14. The largest absolute Gasteiger partial charge is 0.324 e. The number of pyridine rings is 1. The number of aryl methyl sites for hydroxylation is 1. The van der Waals surface area contributed by atoms with Crippen molar-refractivity contribution in [2.75, 3.05) is 18.4 Å². The Morgan fingerprint density at radius 3 is 2.28 bits per heavy atom. The number of urea groups is 1. The Hall–Kier alpha value is -3.21. The van der Waals surface area contributed by atoms with Gasteiger partial charge in [0.15, 0.2) is 5.67 Å². The lowest BCUT2D eigenvalue weighted by Gasteiger charge is -2.36. The van der Waals surface area contributed by atoms with Crippen LogP contribution in [0.1, 0.15) is 24.1 Å². The number of hydrogen-bond donors (Lipinski definition) is 1. The molecule has 1 aromatic heterocycles. The number of halogens is 1. The predicted molar refractivity (Wildman–Crippen MR) is 113 cm³/mol. The van der Waals surface area contributed by atoms with Gasteiger partial charge in [-0.15, -0.1) is 0 Å². The van der Waals surface area contributed by atoms with E-state index in [1.807, 2.05) is 73.7 Å². The van der Waals surface area contributed by atoms with E-state index in [-0.39, 0.29) is 18.9 Å². The number of nitrogens with zero attached hydrogens (tertiary/aromatic N) is 2. The number of carbonyl (C=O) groups is 1. The maximum absolute atomic E-state index is 15.4. The van der Waals surface area contributed by atoms with Crippen molar-refractivity contribution in [1.29, 1.82) is 0 Å². The number of piperidine rings is 1. The molecule has 3 aromatic rings. The third-order valence-electron chi connectivity index (χ3n) is 5.52. The Morgan fingerprint density at radius 1 is 0.966 bits per heavy atom. The standard InChI is InChI=1S/C24H24FN3O/c1-18-6-5-15-26-22(18)24(25)13-16-28(17-14-24)23(29)27-21-11-9-20(10-12-21)19-7-3-2-4-8-19/h2-12,15H,13-14,16-17H2,1H3,(H,27,29). The first-order chi connectivity index (χ1) is 14.0. The fraction of sp³-hybridized carbons (Fsp3) is 0.250. The van der Waals surface area contributed by atoms with E-state index in [9.17, 15) is 4.79 Å². The molecule has 0 atom stereocenters. The normalized spacial score (nSPS) is 15.7. The number of benzene rings is 2. The van der Waals surface area contributed by atoms with Gasteiger partial charge >= 0.3 is 6.03 Å². The first kappa shape index (κ1) is 19.1. The zero-order valence-corrected chi connectivity index (χ0v) is 16.4. The lowest BCUT2D eigenvalue weighted by molar-refractivity contribution is 0.0677. The van der Waals surface area contributed by atoms with Crippen molar-refractivity contribution in [3.05, 3.63) is 84.2 Å². The highest BCUT2D eigenvalue weighted by molar-refractivity contribution is 5.89. The Kier molecular flexibility index (Phi) is 5.30. The minimum Gasteiger partial charge on any atom is -0.324 e. The van der Waals surface area contributed by atoms with E-state index in [1.54, 1.807) is 11.1 Å². The van der Waals surface area contributed by atoms with Crippen LogP contribution >= 0.6 is 0 Å². The molecule has 1 aliphatic heterocycles. The summed E-state index contributed by atoms with van der Waals surface area (Å²) in [7, 11) is 0. The van der Waals surface area contributed by atoms with Gasteiger partial charge in [-0.25, -0.2) is 9.18 Å². The van der Waals surface area contributed by atoms with E-state index in [0.29, 0.717) is 18.8 Å². The summed E-state index contributed by atoms with van der Waals surface area (Å²) in [4.78, 5) is 18.5. The van der Waals surface area contributed by atoms with Crippen molar-refractivity contribution in [2.24, 2.45) is 0 Å². The molecule has 29 heavy (non-hydrogen) atoms. The van der Waals surface area contributed by atoms with Crippen molar-refractivity contribution in [3.63, 3.8) is 0 Å². The molecule has 148 valence electrons. The summed E-state index contributed by atoms with van der Waals surface area (Å²) in [5, 5.41) is 2.92. The fourth-order valence-corrected chi connectivity index (χ4v) is 3.83. The summed E-state index contributed by atoms with van der Waals surface area (Å²) in [5.41, 5.74) is 2.83. The summed E-state index contributed by atoms with van der Waals surface area (Å²) in [6, 6.07) is 21.3. The number of alkyl halides is 1. The van der Waals surface area contributed by atoms with Crippen molar-refractivity contribution < 1.29 is 9.18 Å². The lowest BCUT2D eigenvalue weighted by atomic mass is 9.87. The molecule has 4 rings (SSSR count). The molecule has 1 aliphatic rings. The molecule has 0 radical (unpaired) electrons. The van der Waals surface area contributed by atoms with Crippen molar-refractivity contribution in [1.82, 2.24) is 9.88 Å². The first-order valence-corrected chi connectivity index (χ1v) is 9.88. The molecule has 1 fully saturated rings. The van der Waals surface area contributed by atoms with E-state index in [2.05, 4.69) is 10.3 Å². The van der Waals surface area contributed by atoms with Crippen LogP contribution in [0.5, 0.6) is 0 Å². The molecule has 2 heterocycles. The van der Waals surface area contributed by atoms with Crippen molar-refractivity contribution >= 4 is 11.7 Å². The topological polar surface area (TPSA) is 45.2 Å². The van der Waals surface area contributed by atoms with Crippen LogP contribution in [0.15, 0.2) is 72.9 Å². The number of anilines is 1. The third-order valence-corrected chi connectivity index (χ3v) is 5.52. The van der Waals surface area contributed by atoms with Gasteiger partial charge in [0.25, 0.3) is 0 Å². The molecule has 0 spiro atoms. The maximum Gasteiger partial charge on any atom is 0.321 e. The molecule has 1 saturated heterocycles. The second-order valence-electron chi connectivity index (χ2n) is 7.49. The van der Waals surface area contributed by atoms with Gasteiger partial charge in [0.2, 0.25) is 0 Å². The van der Waals surface area contributed by atoms with E-state index in [1.165, 1.54) is 0 Å². The average Bonchev–Trinajstić information content (AvgIpc) is 2.75. The van der Waals surface area contributed by atoms with Gasteiger partial charge in [0.1, 0.15) is 0 Å². The average molecular weight is 389 g/mol. The Balaban J connectivity index is 1.37. The predicted octanol–water partition coefficient (Wildman–Crippen LogP) is 5.55. The van der Waals surface area contributed by atoms with E-state index >= 15 is 4.39 Å². The molecule has 1 N–H and O–H groups in total. The summed E-state index contributed by atoms with van der Waals surface area (Å²) in [6.45, 7) is 2.60. The number of carbonyl (C=O) groups excluding carboxylic acids is 1. The van der Waals surface area contributed by atoms with Crippen LogP contribution < -0.4 is 5.32 Å². The zero-order chi connectivity index (χ0) is 20.3. The van der Waals surface area contributed by atoms with Crippen LogP contribution in [0.3, 0.4) is 0 Å². The smallest absolute Gasteiger partial charge is 0.321 e. The van der Waals surface area contributed by atoms with Crippen LogP contribution in [0.4, 0.5) is 14.9 Å². The number of amides is 2. The van der Waals surface area contributed by atoms with Gasteiger partial charge < -0.3 is 10.2 Å². The van der Waals surface area contributed by atoms with Gasteiger partial charge in [-0.1, -0.05) is 48.5 Å². The molecule has 0 aliphatic carbocycles. The highest BCUT2D eigenvalue weighted by Crippen LogP contribution is 2.37. The molecule has 2 aromatic carbocycles. The SMILES string of the molecule is Cc1cccnc1C1(F)CCN(C(=O)Nc2ccc(-c3ccccc3)cc2)CC1. The minimum absolute atomic E-state index is 0.197. The zero-order valence-electron chi connectivity index (χ0n) is 16.4. The molecule has 2 amide bonds. The van der Waals surface area contributed by atoms with Crippen molar-refractivity contribution in [3.8, 4) is 11.1 Å². The van der Waals surface area contributed by atoms with Gasteiger partial charge in [-0.3, -0.25) is 4.98 Å². The number of hydrogen-bond acceptors (Lipinski definition) is 2. The van der Waals surface area contributed by atoms with Gasteiger partial charge in [0.05, 0.1) is 5.69 Å². The molecule has 0 unspecified atom stereocenters. The quantitative estimate of drug-likeness (QED) is 0.638. The van der Waals surface area contributed by atoms with Crippen LogP contribution in [0, 0.1) is 6.92 Å². The first-order valence-electron chi connectivity index (χ1n) is 9.88. The minimum atomic E-state index is -1.47.